The van der Waals surface area contributed by atoms with Gasteiger partial charge in [-0.2, -0.15) is 11.3 Å². The summed E-state index contributed by atoms with van der Waals surface area (Å²) >= 11 is 10.3. The minimum Gasteiger partial charge on any atom is -0.320 e. The quantitative estimate of drug-likeness (QED) is 0.852. The van der Waals surface area contributed by atoms with E-state index < -0.39 is 0 Å². The molecule has 0 amide bonds. The Balaban J connectivity index is 2.33. The first kappa shape index (κ1) is 10.8. The number of hydrogen-bond donors (Lipinski definition) is 1. The van der Waals surface area contributed by atoms with Gasteiger partial charge in [-0.3, -0.25) is 0 Å². The van der Waals surface area contributed by atoms with Crippen molar-refractivity contribution in [3.05, 3.63) is 41.6 Å². The fraction of sp³-hybridized carbons (Fsp3) is 0.111. The van der Waals surface area contributed by atoms with Gasteiger partial charge in [0.15, 0.2) is 0 Å². The summed E-state index contributed by atoms with van der Waals surface area (Å²) in [7, 11) is 0. The first-order chi connectivity index (χ1) is 6.68. The van der Waals surface area contributed by atoms with E-state index in [9.17, 15) is 0 Å². The van der Waals surface area contributed by atoms with Crippen molar-refractivity contribution in [2.75, 3.05) is 0 Å². The molecule has 5 heteroatoms. The van der Waals surface area contributed by atoms with Crippen LogP contribution in [0.25, 0.3) is 0 Å². The highest BCUT2D eigenvalue weighted by Gasteiger charge is 2.14. The zero-order valence-corrected chi connectivity index (χ0v) is 11.8. The first-order valence-electron chi connectivity index (χ1n) is 3.89. The summed E-state index contributed by atoms with van der Waals surface area (Å²) in [5, 5.41) is 6.22. The Morgan fingerprint density at radius 1 is 1.21 bits per heavy atom. The van der Waals surface area contributed by atoms with Crippen LogP contribution < -0.4 is 5.73 Å². The average molecular weight is 353 g/mol. The van der Waals surface area contributed by atoms with Crippen LogP contribution in [0.1, 0.15) is 17.2 Å². The van der Waals surface area contributed by atoms with Gasteiger partial charge in [0, 0.05) is 9.85 Å². The van der Waals surface area contributed by atoms with Gasteiger partial charge in [-0.15, -0.1) is 11.3 Å². The summed E-state index contributed by atoms with van der Waals surface area (Å²) in [5.41, 5.74) is 8.44. The van der Waals surface area contributed by atoms with Crippen LogP contribution in [0.15, 0.2) is 30.5 Å². The number of rotatable bonds is 2. The minimum absolute atomic E-state index is 0.0295. The predicted molar refractivity (Wildman–Crippen MR) is 70.1 cm³/mol. The fourth-order valence-corrected chi connectivity index (χ4v) is 3.97. The van der Waals surface area contributed by atoms with E-state index in [0.29, 0.717) is 0 Å². The van der Waals surface area contributed by atoms with Gasteiger partial charge < -0.3 is 5.73 Å². The van der Waals surface area contributed by atoms with Crippen molar-refractivity contribution in [2.24, 2.45) is 5.73 Å². The molecule has 0 aliphatic heterocycles. The van der Waals surface area contributed by atoms with E-state index in [-0.39, 0.29) is 6.04 Å². The molecule has 0 fully saturated rings. The van der Waals surface area contributed by atoms with E-state index in [4.69, 9.17) is 5.73 Å². The van der Waals surface area contributed by atoms with Gasteiger partial charge >= 0.3 is 0 Å². The Kier molecular flexibility index (Phi) is 3.44. The van der Waals surface area contributed by atoms with Gasteiger partial charge in [-0.05, 0) is 59.8 Å². The Morgan fingerprint density at radius 2 is 2.00 bits per heavy atom. The molecule has 0 aliphatic rings. The molecule has 1 atom stereocenters. The summed E-state index contributed by atoms with van der Waals surface area (Å²) in [6.45, 7) is 0. The standard InChI is InChI=1S/C9H7Br2NS2/c10-7-4-13-3-6(7)9(12)5-1-8(11)14-2-5/h1-4,9H,12H2. The summed E-state index contributed by atoms with van der Waals surface area (Å²) in [5.74, 6) is 0. The third-order valence-corrected chi connectivity index (χ3v) is 5.20. The van der Waals surface area contributed by atoms with Crippen LogP contribution in [-0.4, -0.2) is 0 Å². The molecule has 0 saturated heterocycles. The Labute approximate surface area is 107 Å². The topological polar surface area (TPSA) is 26.0 Å². The lowest BCUT2D eigenvalue weighted by Crippen LogP contribution is -2.10. The van der Waals surface area contributed by atoms with Gasteiger partial charge in [0.2, 0.25) is 0 Å². The predicted octanol–water partition coefficient (Wildman–Crippen LogP) is 4.38. The summed E-state index contributed by atoms with van der Waals surface area (Å²) in [6, 6.07) is 2.04. The van der Waals surface area contributed by atoms with Gasteiger partial charge in [-0.25, -0.2) is 0 Å². The van der Waals surface area contributed by atoms with Crippen LogP contribution in [0.2, 0.25) is 0 Å². The van der Waals surface area contributed by atoms with Crippen LogP contribution in [0, 0.1) is 0 Å². The highest BCUT2D eigenvalue weighted by Crippen LogP contribution is 2.33. The largest absolute Gasteiger partial charge is 0.320 e. The zero-order chi connectivity index (χ0) is 10.1. The van der Waals surface area contributed by atoms with Crippen LogP contribution in [-0.2, 0) is 0 Å². The maximum atomic E-state index is 6.14. The maximum absolute atomic E-state index is 6.14. The SMILES string of the molecule is NC(c1csc(Br)c1)c1cscc1Br. The van der Waals surface area contributed by atoms with Crippen LogP contribution >= 0.6 is 54.5 Å². The monoisotopic (exact) mass is 351 g/mol. The van der Waals surface area contributed by atoms with E-state index in [1.54, 1.807) is 22.7 Å². The number of halogens is 2. The summed E-state index contributed by atoms with van der Waals surface area (Å²) in [4.78, 5) is 0. The molecule has 2 aromatic rings. The highest BCUT2D eigenvalue weighted by molar-refractivity contribution is 9.11. The van der Waals surface area contributed by atoms with E-state index in [1.807, 2.05) is 0 Å². The molecule has 0 radical (unpaired) electrons. The molecule has 0 aromatic carbocycles. The fourth-order valence-electron chi connectivity index (χ4n) is 1.18. The smallest absolute Gasteiger partial charge is 0.0701 e. The molecule has 0 spiro atoms. The molecule has 1 unspecified atom stereocenters. The normalized spacial score (nSPS) is 13.1. The molecular formula is C9H7Br2NS2. The van der Waals surface area contributed by atoms with Crippen molar-refractivity contribution in [2.45, 2.75) is 6.04 Å². The van der Waals surface area contributed by atoms with Gasteiger partial charge in [0.25, 0.3) is 0 Å². The van der Waals surface area contributed by atoms with Crippen LogP contribution in [0.5, 0.6) is 0 Å². The third-order valence-electron chi connectivity index (χ3n) is 1.92. The van der Waals surface area contributed by atoms with Crippen molar-refractivity contribution < 1.29 is 0 Å². The van der Waals surface area contributed by atoms with E-state index in [0.717, 1.165) is 19.4 Å². The van der Waals surface area contributed by atoms with Crippen molar-refractivity contribution in [3.63, 3.8) is 0 Å². The maximum Gasteiger partial charge on any atom is 0.0701 e. The van der Waals surface area contributed by atoms with Gasteiger partial charge in [0.05, 0.1) is 9.83 Å². The Hall–Kier alpha value is 0.320. The first-order valence-corrected chi connectivity index (χ1v) is 7.30. The van der Waals surface area contributed by atoms with E-state index in [2.05, 4.69) is 54.1 Å². The van der Waals surface area contributed by atoms with Crippen LogP contribution in [0.3, 0.4) is 0 Å². The van der Waals surface area contributed by atoms with Crippen LogP contribution in [0.4, 0.5) is 0 Å². The van der Waals surface area contributed by atoms with Crippen molar-refractivity contribution in [1.29, 1.82) is 0 Å². The van der Waals surface area contributed by atoms with E-state index in [1.165, 1.54) is 0 Å². The molecule has 2 heterocycles. The summed E-state index contributed by atoms with van der Waals surface area (Å²) < 4.78 is 2.21. The molecule has 0 aliphatic carbocycles. The molecular weight excluding hydrogens is 346 g/mol. The van der Waals surface area contributed by atoms with E-state index >= 15 is 0 Å². The number of thiophene rings is 2. The van der Waals surface area contributed by atoms with Gasteiger partial charge in [-0.1, -0.05) is 0 Å². The molecule has 2 rings (SSSR count). The Morgan fingerprint density at radius 3 is 2.50 bits per heavy atom. The third kappa shape index (κ3) is 2.12. The molecule has 2 aromatic heterocycles. The van der Waals surface area contributed by atoms with Crippen molar-refractivity contribution >= 4 is 54.5 Å². The Bertz CT molecular complexity index is 435. The van der Waals surface area contributed by atoms with Crippen molar-refractivity contribution in [1.82, 2.24) is 0 Å². The lowest BCUT2D eigenvalue weighted by Gasteiger charge is -2.08. The molecule has 0 bridgehead atoms. The summed E-state index contributed by atoms with van der Waals surface area (Å²) in [6.07, 6.45) is 0. The molecule has 14 heavy (non-hydrogen) atoms. The molecule has 1 nitrogen and oxygen atoms in total. The second-order valence-electron chi connectivity index (χ2n) is 2.84. The average Bonchev–Trinajstić information content (AvgIpc) is 2.73. The lowest BCUT2D eigenvalue weighted by atomic mass is 10.1. The molecule has 74 valence electrons. The second-order valence-corrected chi connectivity index (χ2v) is 6.73. The van der Waals surface area contributed by atoms with Gasteiger partial charge in [0.1, 0.15) is 0 Å². The molecule has 2 N–H and O–H groups in total. The lowest BCUT2D eigenvalue weighted by molar-refractivity contribution is 0.877. The highest BCUT2D eigenvalue weighted by atomic mass is 79.9. The van der Waals surface area contributed by atoms with Crippen molar-refractivity contribution in [3.8, 4) is 0 Å². The second kappa shape index (κ2) is 4.45. The number of hydrogen-bond acceptors (Lipinski definition) is 3. The zero-order valence-electron chi connectivity index (χ0n) is 7.04. The molecule has 0 saturated carbocycles. The number of nitrogens with two attached hydrogens (primary N) is 1. The minimum atomic E-state index is -0.0295.